The number of allylic oxidation sites excluding steroid dienone is 2. The second-order valence-corrected chi connectivity index (χ2v) is 6.52. The summed E-state index contributed by atoms with van der Waals surface area (Å²) in [6, 6.07) is 1.24. The summed E-state index contributed by atoms with van der Waals surface area (Å²) in [5.74, 6) is -3.40. The lowest BCUT2D eigenvalue weighted by Crippen LogP contribution is -2.40. The molecule has 1 aromatic heterocycles. The zero-order valence-electron chi connectivity index (χ0n) is 16.1. The maximum absolute atomic E-state index is 13.8. The van der Waals surface area contributed by atoms with Crippen molar-refractivity contribution in [2.45, 2.75) is 18.8 Å². The minimum atomic E-state index is -2.70. The molecule has 5 nitrogen and oxygen atoms in total. The van der Waals surface area contributed by atoms with Gasteiger partial charge in [-0.3, -0.25) is 4.99 Å². The number of aliphatic imine (C=N–C) groups is 1. The summed E-state index contributed by atoms with van der Waals surface area (Å²) in [6.45, 7) is 11.4. The lowest BCUT2D eigenvalue weighted by atomic mass is 10.0. The van der Waals surface area contributed by atoms with E-state index in [9.17, 15) is 13.2 Å². The number of aromatic nitrogens is 1. The highest BCUT2D eigenvalue weighted by Gasteiger charge is 2.34. The number of pyridine rings is 1. The van der Waals surface area contributed by atoms with Crippen molar-refractivity contribution in [1.29, 1.82) is 5.41 Å². The Bertz CT molecular complexity index is 848. The molecular formula is C21H24F3N5. The van der Waals surface area contributed by atoms with Gasteiger partial charge in [0.15, 0.2) is 0 Å². The van der Waals surface area contributed by atoms with Gasteiger partial charge in [-0.05, 0) is 23.9 Å². The summed E-state index contributed by atoms with van der Waals surface area (Å²) in [7, 11) is 0. The maximum atomic E-state index is 13.8. The molecule has 0 spiro atoms. The van der Waals surface area contributed by atoms with Crippen LogP contribution < -0.4 is 10.2 Å². The summed E-state index contributed by atoms with van der Waals surface area (Å²) in [4.78, 5) is 9.30. The van der Waals surface area contributed by atoms with Crippen LogP contribution in [0.15, 0.2) is 60.0 Å². The van der Waals surface area contributed by atoms with Gasteiger partial charge in [0.05, 0.1) is 11.4 Å². The first-order valence-corrected chi connectivity index (χ1v) is 9.01. The summed E-state index contributed by atoms with van der Waals surface area (Å²) >= 11 is 0. The third kappa shape index (κ3) is 5.91. The van der Waals surface area contributed by atoms with Crippen LogP contribution in [0.4, 0.5) is 18.9 Å². The fraction of sp³-hybridized carbons (Fsp3) is 0.286. The Balaban J connectivity index is 2.29. The van der Waals surface area contributed by atoms with Crippen LogP contribution in [0, 0.1) is 11.4 Å². The number of halogens is 3. The van der Waals surface area contributed by atoms with E-state index < -0.39 is 11.9 Å². The molecule has 2 rings (SSSR count). The Kier molecular flexibility index (Phi) is 7.52. The zero-order chi connectivity index (χ0) is 21.4. The van der Waals surface area contributed by atoms with E-state index in [1.807, 2.05) is 0 Å². The summed E-state index contributed by atoms with van der Waals surface area (Å²) in [5.41, 5.74) is 2.78. The number of alkyl halides is 2. The standard InChI is InChI=1S/C21H24F3N5/c1-4-15(2)18(26-3)14-27-12-16(5-8-25)17-13-28-20(22)11-19(17)29-9-6-21(23,24)7-10-29/h4-5,8,11,13-14,25,27H,1-3,6-7,9-10,12H2/b16-5+,18-14-,25-8?. The first-order valence-electron chi connectivity index (χ1n) is 9.01. The molecule has 1 saturated heterocycles. The fourth-order valence-corrected chi connectivity index (χ4v) is 2.95. The van der Waals surface area contributed by atoms with E-state index in [4.69, 9.17) is 5.41 Å². The Morgan fingerprint density at radius 2 is 2.07 bits per heavy atom. The van der Waals surface area contributed by atoms with Crippen LogP contribution in [0.2, 0.25) is 0 Å². The first kappa shape index (κ1) is 22.1. The van der Waals surface area contributed by atoms with Gasteiger partial charge in [0.2, 0.25) is 5.95 Å². The van der Waals surface area contributed by atoms with Gasteiger partial charge in [-0.25, -0.2) is 13.8 Å². The van der Waals surface area contributed by atoms with E-state index in [0.29, 0.717) is 28.1 Å². The van der Waals surface area contributed by atoms with Crippen molar-refractivity contribution in [2.24, 2.45) is 4.99 Å². The molecule has 0 radical (unpaired) electrons. The van der Waals surface area contributed by atoms with Gasteiger partial charge in [0.1, 0.15) is 0 Å². The highest BCUT2D eigenvalue weighted by Crippen LogP contribution is 2.34. The minimum Gasteiger partial charge on any atom is -0.385 e. The number of hydrogen-bond donors (Lipinski definition) is 2. The molecule has 1 aliphatic rings. The number of piperidine rings is 1. The molecule has 154 valence electrons. The van der Waals surface area contributed by atoms with E-state index in [1.165, 1.54) is 12.3 Å². The molecule has 1 aliphatic heterocycles. The Morgan fingerprint density at radius 1 is 1.38 bits per heavy atom. The molecule has 0 unspecified atom stereocenters. The average molecular weight is 403 g/mol. The predicted octanol–water partition coefficient (Wildman–Crippen LogP) is 4.36. The number of anilines is 1. The quantitative estimate of drug-likeness (QED) is 0.366. The van der Waals surface area contributed by atoms with E-state index in [1.54, 1.807) is 23.3 Å². The number of hydrogen-bond acceptors (Lipinski definition) is 5. The molecule has 8 heteroatoms. The Morgan fingerprint density at radius 3 is 2.66 bits per heavy atom. The molecular weight excluding hydrogens is 379 g/mol. The molecule has 29 heavy (non-hydrogen) atoms. The molecule has 0 bridgehead atoms. The molecule has 0 aliphatic carbocycles. The van der Waals surface area contributed by atoms with Crippen molar-refractivity contribution in [3.8, 4) is 0 Å². The number of rotatable bonds is 9. The van der Waals surface area contributed by atoms with E-state index in [0.717, 1.165) is 6.21 Å². The van der Waals surface area contributed by atoms with Crippen molar-refractivity contribution < 1.29 is 13.2 Å². The molecule has 1 aromatic rings. The Labute approximate surface area is 168 Å². The lowest BCUT2D eigenvalue weighted by molar-refractivity contribution is -0.0220. The zero-order valence-corrected chi connectivity index (χ0v) is 16.1. The fourth-order valence-electron chi connectivity index (χ4n) is 2.95. The van der Waals surface area contributed by atoms with Crippen LogP contribution in [-0.4, -0.2) is 43.5 Å². The second kappa shape index (κ2) is 9.86. The largest absolute Gasteiger partial charge is 0.385 e. The van der Waals surface area contributed by atoms with Crippen molar-refractivity contribution in [3.05, 3.63) is 66.6 Å². The van der Waals surface area contributed by atoms with Crippen molar-refractivity contribution in [1.82, 2.24) is 10.3 Å². The van der Waals surface area contributed by atoms with Gasteiger partial charge < -0.3 is 15.6 Å². The molecule has 0 amide bonds. The van der Waals surface area contributed by atoms with Crippen LogP contribution >= 0.6 is 0 Å². The maximum Gasteiger partial charge on any atom is 0.251 e. The molecule has 2 heterocycles. The number of nitrogens with zero attached hydrogens (tertiary/aromatic N) is 3. The van der Waals surface area contributed by atoms with Crippen LogP contribution in [-0.2, 0) is 0 Å². The molecule has 1 fully saturated rings. The monoisotopic (exact) mass is 403 g/mol. The van der Waals surface area contributed by atoms with Gasteiger partial charge in [-0.2, -0.15) is 4.39 Å². The van der Waals surface area contributed by atoms with Gasteiger partial charge in [0, 0.05) is 62.7 Å². The summed E-state index contributed by atoms with van der Waals surface area (Å²) < 4.78 is 40.9. The normalized spacial score (nSPS) is 16.9. The summed E-state index contributed by atoms with van der Waals surface area (Å²) in [6.07, 6.45) is 6.57. The third-order valence-corrected chi connectivity index (χ3v) is 4.59. The Hall–Kier alpha value is -3.16. The van der Waals surface area contributed by atoms with Crippen LogP contribution in [0.25, 0.3) is 5.57 Å². The van der Waals surface area contributed by atoms with Crippen molar-refractivity contribution in [3.63, 3.8) is 0 Å². The molecule has 0 atom stereocenters. The first-order chi connectivity index (χ1) is 13.8. The topological polar surface area (TPSA) is 64.4 Å². The molecule has 2 N–H and O–H groups in total. The lowest BCUT2D eigenvalue weighted by Gasteiger charge is -2.34. The van der Waals surface area contributed by atoms with Gasteiger partial charge in [-0.15, -0.1) is 0 Å². The third-order valence-electron chi connectivity index (χ3n) is 4.59. The van der Waals surface area contributed by atoms with E-state index in [2.05, 4.69) is 35.2 Å². The smallest absolute Gasteiger partial charge is 0.251 e. The minimum absolute atomic E-state index is 0.109. The van der Waals surface area contributed by atoms with Crippen LogP contribution in [0.3, 0.4) is 0 Å². The van der Waals surface area contributed by atoms with Gasteiger partial charge >= 0.3 is 0 Å². The average Bonchev–Trinajstić information content (AvgIpc) is 2.70. The van der Waals surface area contributed by atoms with Crippen molar-refractivity contribution >= 4 is 24.2 Å². The van der Waals surface area contributed by atoms with Crippen LogP contribution in [0.5, 0.6) is 0 Å². The molecule has 0 saturated carbocycles. The number of nitrogens with one attached hydrogen (secondary N) is 2. The van der Waals surface area contributed by atoms with Gasteiger partial charge in [-0.1, -0.05) is 19.2 Å². The van der Waals surface area contributed by atoms with Gasteiger partial charge in [0.25, 0.3) is 5.92 Å². The SMILES string of the molecule is C=CC(=C)/C(=C/NC/C(=C\C=N)c1cnc(F)cc1N1CCC(F)(F)CC1)N=C. The van der Waals surface area contributed by atoms with Crippen LogP contribution in [0.1, 0.15) is 18.4 Å². The second-order valence-electron chi connectivity index (χ2n) is 6.52. The summed E-state index contributed by atoms with van der Waals surface area (Å²) in [5, 5.41) is 10.5. The predicted molar refractivity (Wildman–Crippen MR) is 112 cm³/mol. The highest BCUT2D eigenvalue weighted by molar-refractivity contribution is 5.87. The van der Waals surface area contributed by atoms with E-state index >= 15 is 0 Å². The van der Waals surface area contributed by atoms with Crippen molar-refractivity contribution in [2.75, 3.05) is 24.5 Å². The van der Waals surface area contributed by atoms with E-state index in [-0.39, 0.29) is 32.5 Å². The molecule has 0 aromatic carbocycles. The highest BCUT2D eigenvalue weighted by atomic mass is 19.3.